The molecule has 106 valence electrons. The summed E-state index contributed by atoms with van der Waals surface area (Å²) in [7, 11) is 0. The lowest BCUT2D eigenvalue weighted by atomic mass is 10.1. The number of nitrogens with zero attached hydrogens (tertiary/aromatic N) is 1. The molecule has 0 saturated carbocycles. The van der Waals surface area contributed by atoms with Crippen molar-refractivity contribution in [1.82, 2.24) is 4.90 Å². The molecule has 1 N–H and O–H groups in total. The van der Waals surface area contributed by atoms with Crippen LogP contribution < -0.4 is 0 Å². The molecule has 1 aliphatic rings. The third-order valence-corrected chi connectivity index (χ3v) is 3.14. The fourth-order valence-electron chi connectivity index (χ4n) is 2.21. The van der Waals surface area contributed by atoms with Crippen molar-refractivity contribution >= 4 is 0 Å². The lowest BCUT2D eigenvalue weighted by Crippen LogP contribution is -2.43. The number of ether oxygens (including phenoxy) is 1. The molecule has 1 aliphatic heterocycles. The van der Waals surface area contributed by atoms with Crippen molar-refractivity contribution in [2.45, 2.75) is 18.8 Å². The standard InChI is InChI=1S/C13H16F3NO2/c14-13(15,16)12-4-2-1-3-10(12)7-17-5-6-19-11(8-17)9-18/h1-4,11,18H,5-9H2. The molecular formula is C13H16F3NO2. The van der Waals surface area contributed by atoms with E-state index in [0.29, 0.717) is 19.7 Å². The molecular weight excluding hydrogens is 259 g/mol. The molecule has 6 heteroatoms. The number of benzene rings is 1. The highest BCUT2D eigenvalue weighted by Gasteiger charge is 2.33. The molecule has 1 unspecified atom stereocenters. The van der Waals surface area contributed by atoms with Gasteiger partial charge in [0.15, 0.2) is 0 Å². The van der Waals surface area contributed by atoms with Gasteiger partial charge >= 0.3 is 6.18 Å². The Morgan fingerprint density at radius 2 is 2.05 bits per heavy atom. The van der Waals surface area contributed by atoms with E-state index in [1.54, 1.807) is 6.07 Å². The van der Waals surface area contributed by atoms with E-state index >= 15 is 0 Å². The Bertz CT molecular complexity index is 423. The van der Waals surface area contributed by atoms with Gasteiger partial charge in [-0.1, -0.05) is 18.2 Å². The minimum absolute atomic E-state index is 0.114. The Morgan fingerprint density at radius 3 is 2.74 bits per heavy atom. The maximum atomic E-state index is 12.9. The molecule has 3 nitrogen and oxygen atoms in total. The van der Waals surface area contributed by atoms with Crippen LogP contribution in [-0.2, 0) is 17.5 Å². The van der Waals surface area contributed by atoms with Crippen LogP contribution in [0.25, 0.3) is 0 Å². The number of aliphatic hydroxyl groups is 1. The van der Waals surface area contributed by atoms with Crippen molar-refractivity contribution in [3.63, 3.8) is 0 Å². The second-order valence-corrected chi connectivity index (χ2v) is 4.57. The molecule has 1 atom stereocenters. The summed E-state index contributed by atoms with van der Waals surface area (Å²) >= 11 is 0. The van der Waals surface area contributed by atoms with Crippen molar-refractivity contribution in [2.75, 3.05) is 26.3 Å². The predicted molar refractivity (Wildman–Crippen MR) is 63.5 cm³/mol. The number of morpholine rings is 1. The summed E-state index contributed by atoms with van der Waals surface area (Å²) in [6.07, 6.45) is -4.65. The first-order valence-electron chi connectivity index (χ1n) is 6.10. The molecule has 1 fully saturated rings. The van der Waals surface area contributed by atoms with Gasteiger partial charge in [-0.15, -0.1) is 0 Å². The topological polar surface area (TPSA) is 32.7 Å². The summed E-state index contributed by atoms with van der Waals surface area (Å²) in [4.78, 5) is 1.87. The summed E-state index contributed by atoms with van der Waals surface area (Å²) in [5.74, 6) is 0. The van der Waals surface area contributed by atoms with Crippen LogP contribution in [0.1, 0.15) is 11.1 Å². The van der Waals surface area contributed by atoms with Gasteiger partial charge in [0.05, 0.1) is 24.9 Å². The highest BCUT2D eigenvalue weighted by molar-refractivity contribution is 5.29. The Hall–Kier alpha value is -1.11. The van der Waals surface area contributed by atoms with E-state index in [2.05, 4.69) is 0 Å². The van der Waals surface area contributed by atoms with E-state index in [0.717, 1.165) is 6.07 Å². The lowest BCUT2D eigenvalue weighted by Gasteiger charge is -2.32. The van der Waals surface area contributed by atoms with Gasteiger partial charge in [-0.2, -0.15) is 13.2 Å². The van der Waals surface area contributed by atoms with Crippen LogP contribution in [0.4, 0.5) is 13.2 Å². The first-order chi connectivity index (χ1) is 9.00. The minimum Gasteiger partial charge on any atom is -0.394 e. The van der Waals surface area contributed by atoms with Crippen LogP contribution in [0.2, 0.25) is 0 Å². The zero-order chi connectivity index (χ0) is 13.9. The largest absolute Gasteiger partial charge is 0.416 e. The van der Waals surface area contributed by atoms with Gasteiger partial charge in [-0.25, -0.2) is 0 Å². The molecule has 1 aromatic rings. The predicted octanol–water partition coefficient (Wildman–Crippen LogP) is 1.90. The third kappa shape index (κ3) is 3.68. The smallest absolute Gasteiger partial charge is 0.394 e. The molecule has 19 heavy (non-hydrogen) atoms. The summed E-state index contributed by atoms with van der Waals surface area (Å²) in [6.45, 7) is 1.55. The second kappa shape index (κ2) is 5.90. The minimum atomic E-state index is -4.33. The van der Waals surface area contributed by atoms with E-state index in [9.17, 15) is 13.2 Å². The Morgan fingerprint density at radius 1 is 1.32 bits per heavy atom. The van der Waals surface area contributed by atoms with E-state index in [4.69, 9.17) is 9.84 Å². The Kier molecular flexibility index (Phi) is 4.44. The van der Waals surface area contributed by atoms with Gasteiger partial charge in [0.1, 0.15) is 0 Å². The monoisotopic (exact) mass is 275 g/mol. The molecule has 0 radical (unpaired) electrons. The van der Waals surface area contributed by atoms with Crippen molar-refractivity contribution in [1.29, 1.82) is 0 Å². The molecule has 0 aliphatic carbocycles. The number of rotatable bonds is 3. The van der Waals surface area contributed by atoms with Crippen LogP contribution in [0.3, 0.4) is 0 Å². The van der Waals surface area contributed by atoms with Crippen LogP contribution >= 0.6 is 0 Å². The van der Waals surface area contributed by atoms with E-state index in [1.807, 2.05) is 4.90 Å². The van der Waals surface area contributed by atoms with Crippen LogP contribution in [0.5, 0.6) is 0 Å². The summed E-state index contributed by atoms with van der Waals surface area (Å²) < 4.78 is 43.9. The molecule has 0 bridgehead atoms. The van der Waals surface area contributed by atoms with Gasteiger partial charge < -0.3 is 9.84 Å². The number of halogens is 3. The van der Waals surface area contributed by atoms with Gasteiger partial charge in [0, 0.05) is 19.6 Å². The van der Waals surface area contributed by atoms with Gasteiger partial charge in [0.25, 0.3) is 0 Å². The molecule has 0 aromatic heterocycles. The highest BCUT2D eigenvalue weighted by atomic mass is 19.4. The van der Waals surface area contributed by atoms with Gasteiger partial charge in [-0.3, -0.25) is 4.90 Å². The van der Waals surface area contributed by atoms with Gasteiger partial charge in [0.2, 0.25) is 0 Å². The average Bonchev–Trinajstić information content (AvgIpc) is 2.38. The van der Waals surface area contributed by atoms with Crippen LogP contribution in [0.15, 0.2) is 24.3 Å². The number of aliphatic hydroxyl groups excluding tert-OH is 1. The zero-order valence-electron chi connectivity index (χ0n) is 10.4. The maximum absolute atomic E-state index is 12.9. The maximum Gasteiger partial charge on any atom is 0.416 e. The van der Waals surface area contributed by atoms with Crippen LogP contribution in [0, 0.1) is 0 Å². The molecule has 2 rings (SSSR count). The van der Waals surface area contributed by atoms with Crippen molar-refractivity contribution in [3.8, 4) is 0 Å². The van der Waals surface area contributed by atoms with E-state index in [1.165, 1.54) is 12.1 Å². The summed E-state index contributed by atoms with van der Waals surface area (Å²) in [5.41, 5.74) is -0.337. The van der Waals surface area contributed by atoms with E-state index < -0.39 is 11.7 Å². The molecule has 1 heterocycles. The first kappa shape index (κ1) is 14.3. The Labute approximate surface area is 109 Å². The fraction of sp³-hybridized carbons (Fsp3) is 0.538. The normalized spacial score (nSPS) is 21.6. The molecule has 0 spiro atoms. The molecule has 1 saturated heterocycles. The molecule has 1 aromatic carbocycles. The average molecular weight is 275 g/mol. The van der Waals surface area contributed by atoms with Crippen molar-refractivity contribution in [3.05, 3.63) is 35.4 Å². The third-order valence-electron chi connectivity index (χ3n) is 3.14. The van der Waals surface area contributed by atoms with Crippen LogP contribution in [-0.4, -0.2) is 42.4 Å². The quantitative estimate of drug-likeness (QED) is 0.914. The summed E-state index contributed by atoms with van der Waals surface area (Å²) in [6, 6.07) is 5.59. The van der Waals surface area contributed by atoms with Crippen molar-refractivity contribution in [2.24, 2.45) is 0 Å². The first-order valence-corrected chi connectivity index (χ1v) is 6.10. The number of alkyl halides is 3. The highest BCUT2D eigenvalue weighted by Crippen LogP contribution is 2.32. The van der Waals surface area contributed by atoms with E-state index in [-0.39, 0.29) is 24.8 Å². The fourth-order valence-corrected chi connectivity index (χ4v) is 2.21. The Balaban J connectivity index is 2.11. The SMILES string of the molecule is OCC1CN(Cc2ccccc2C(F)(F)F)CCO1. The van der Waals surface area contributed by atoms with Gasteiger partial charge in [-0.05, 0) is 11.6 Å². The lowest BCUT2D eigenvalue weighted by molar-refractivity contribution is -0.138. The number of hydrogen-bond acceptors (Lipinski definition) is 3. The second-order valence-electron chi connectivity index (χ2n) is 4.57. The summed E-state index contributed by atoms with van der Waals surface area (Å²) in [5, 5.41) is 9.03. The molecule has 0 amide bonds. The zero-order valence-corrected chi connectivity index (χ0v) is 10.4. The van der Waals surface area contributed by atoms with Crippen molar-refractivity contribution < 1.29 is 23.0 Å². The number of hydrogen-bond donors (Lipinski definition) is 1.